The van der Waals surface area contributed by atoms with E-state index in [2.05, 4.69) is 4.90 Å². The Kier molecular flexibility index (Phi) is 3.48. The van der Waals surface area contributed by atoms with Crippen LogP contribution in [0.1, 0.15) is 60.0 Å². The maximum Gasteiger partial charge on any atom is 0.252 e. The molecule has 0 unspecified atom stereocenters. The normalized spacial score (nSPS) is 33.5. The van der Waals surface area contributed by atoms with Crippen LogP contribution in [0.15, 0.2) is 12.1 Å². The minimum atomic E-state index is -0.603. The fourth-order valence-electron chi connectivity index (χ4n) is 6.07. The van der Waals surface area contributed by atoms with Crippen molar-refractivity contribution < 1.29 is 14.7 Å². The number of benzene rings is 1. The van der Waals surface area contributed by atoms with Crippen molar-refractivity contribution in [2.45, 2.75) is 56.4 Å². The van der Waals surface area contributed by atoms with Crippen molar-refractivity contribution in [3.8, 4) is 5.75 Å². The molecule has 1 aliphatic heterocycles. The van der Waals surface area contributed by atoms with Gasteiger partial charge in [0.15, 0.2) is 0 Å². The summed E-state index contributed by atoms with van der Waals surface area (Å²) in [6, 6.07) is 4.06. The summed E-state index contributed by atoms with van der Waals surface area (Å²) in [4.78, 5) is 26.9. The summed E-state index contributed by atoms with van der Waals surface area (Å²) in [6.07, 6.45) is 6.50. The van der Waals surface area contributed by atoms with E-state index in [0.29, 0.717) is 24.8 Å². The van der Waals surface area contributed by atoms with Gasteiger partial charge in [-0.1, -0.05) is 6.07 Å². The number of likely N-dealkylation sites (tertiary alicyclic amines) is 1. The number of rotatable bonds is 3. The SMILES string of the molecule is NC(=O)c1ccc2c(c1O)[C@]13CCN(CC4CC4)[C@H](C2)[C@@H]1CCC(=O)C3. The van der Waals surface area contributed by atoms with E-state index in [1.165, 1.54) is 19.4 Å². The molecule has 1 heterocycles. The molecule has 5 heteroatoms. The summed E-state index contributed by atoms with van der Waals surface area (Å²) in [6.45, 7) is 2.15. The second kappa shape index (κ2) is 5.56. The molecule has 1 aromatic carbocycles. The second-order valence-corrected chi connectivity index (χ2v) is 8.84. The van der Waals surface area contributed by atoms with Crippen LogP contribution in [0.3, 0.4) is 0 Å². The molecule has 138 valence electrons. The molecule has 4 aliphatic rings. The minimum absolute atomic E-state index is 0.0313. The Balaban J connectivity index is 1.64. The molecule has 0 spiro atoms. The number of aromatic hydroxyl groups is 1. The standard InChI is InChI=1S/C21H26N2O3/c22-20(26)15-5-3-13-9-17-16-6-4-14(24)10-21(16,18(13)19(15)25)7-8-23(17)11-12-1-2-12/h3,5,12,16-17,25H,1-2,4,6-11H2,(H2,22,26)/t16-,17+,21-/m0/s1. The summed E-state index contributed by atoms with van der Waals surface area (Å²) in [7, 11) is 0. The lowest BCUT2D eigenvalue weighted by atomic mass is 9.51. The van der Waals surface area contributed by atoms with Crippen molar-refractivity contribution in [2.24, 2.45) is 17.6 Å². The van der Waals surface area contributed by atoms with Crippen LogP contribution in [-0.4, -0.2) is 40.8 Å². The molecule has 0 aromatic heterocycles. The van der Waals surface area contributed by atoms with Gasteiger partial charge in [-0.25, -0.2) is 0 Å². The Morgan fingerprint density at radius 1 is 1.31 bits per heavy atom. The number of primary amides is 1. The van der Waals surface area contributed by atoms with Crippen molar-refractivity contribution in [3.63, 3.8) is 0 Å². The zero-order valence-corrected chi connectivity index (χ0v) is 15.0. The van der Waals surface area contributed by atoms with E-state index >= 15 is 0 Å². The Morgan fingerprint density at radius 3 is 2.85 bits per heavy atom. The maximum absolute atomic E-state index is 12.4. The molecular formula is C21H26N2O3. The van der Waals surface area contributed by atoms with Gasteiger partial charge in [-0.05, 0) is 62.1 Å². The molecule has 3 N–H and O–H groups in total. The number of Topliss-reactive ketones (excluding diaryl/α,β-unsaturated/α-hetero) is 1. The number of amides is 1. The van der Waals surface area contributed by atoms with E-state index in [9.17, 15) is 14.7 Å². The third kappa shape index (κ3) is 2.26. The highest BCUT2D eigenvalue weighted by Crippen LogP contribution is 2.58. The van der Waals surface area contributed by atoms with Crippen LogP contribution in [0, 0.1) is 11.8 Å². The Labute approximate surface area is 153 Å². The number of hydrogen-bond donors (Lipinski definition) is 2. The van der Waals surface area contributed by atoms with E-state index in [4.69, 9.17) is 5.73 Å². The summed E-state index contributed by atoms with van der Waals surface area (Å²) < 4.78 is 0. The number of ketones is 1. The van der Waals surface area contributed by atoms with E-state index in [-0.39, 0.29) is 22.5 Å². The molecule has 0 radical (unpaired) electrons. The first-order chi connectivity index (χ1) is 12.5. The van der Waals surface area contributed by atoms with Crippen molar-refractivity contribution in [1.82, 2.24) is 4.90 Å². The first-order valence-electron chi connectivity index (χ1n) is 9.90. The van der Waals surface area contributed by atoms with E-state index in [1.54, 1.807) is 6.07 Å². The number of carbonyl (C=O) groups excluding carboxylic acids is 2. The number of hydrogen-bond acceptors (Lipinski definition) is 4. The topological polar surface area (TPSA) is 83.6 Å². The van der Waals surface area contributed by atoms with Crippen LogP contribution in [0.5, 0.6) is 5.75 Å². The summed E-state index contributed by atoms with van der Waals surface area (Å²) in [5.41, 5.74) is 7.31. The van der Waals surface area contributed by atoms with Gasteiger partial charge in [-0.15, -0.1) is 0 Å². The quantitative estimate of drug-likeness (QED) is 0.871. The number of fused-ring (bicyclic) bond motifs is 1. The van der Waals surface area contributed by atoms with Crippen molar-refractivity contribution in [3.05, 3.63) is 28.8 Å². The van der Waals surface area contributed by atoms with E-state index in [1.807, 2.05) is 6.07 Å². The van der Waals surface area contributed by atoms with Gasteiger partial charge in [0, 0.05) is 36.4 Å². The first-order valence-corrected chi connectivity index (χ1v) is 9.90. The molecule has 1 saturated heterocycles. The fourth-order valence-corrected chi connectivity index (χ4v) is 6.07. The highest BCUT2D eigenvalue weighted by molar-refractivity contribution is 5.96. The largest absolute Gasteiger partial charge is 0.507 e. The highest BCUT2D eigenvalue weighted by atomic mass is 16.3. The van der Waals surface area contributed by atoms with Crippen LogP contribution < -0.4 is 5.73 Å². The molecule has 1 amide bonds. The molecule has 2 bridgehead atoms. The van der Waals surface area contributed by atoms with Gasteiger partial charge >= 0.3 is 0 Å². The van der Waals surface area contributed by atoms with Crippen LogP contribution in [0.2, 0.25) is 0 Å². The van der Waals surface area contributed by atoms with E-state index in [0.717, 1.165) is 42.9 Å². The van der Waals surface area contributed by atoms with Gasteiger partial charge < -0.3 is 10.8 Å². The van der Waals surface area contributed by atoms with Crippen molar-refractivity contribution in [1.29, 1.82) is 0 Å². The monoisotopic (exact) mass is 354 g/mol. The predicted molar refractivity (Wildman–Crippen MR) is 97.1 cm³/mol. The van der Waals surface area contributed by atoms with Crippen LogP contribution in [-0.2, 0) is 16.6 Å². The highest BCUT2D eigenvalue weighted by Gasteiger charge is 2.57. The van der Waals surface area contributed by atoms with Crippen LogP contribution in [0.25, 0.3) is 0 Å². The third-order valence-electron chi connectivity index (χ3n) is 7.38. The Morgan fingerprint density at radius 2 is 2.12 bits per heavy atom. The molecule has 2 saturated carbocycles. The molecule has 5 rings (SSSR count). The molecule has 3 aliphatic carbocycles. The third-order valence-corrected chi connectivity index (χ3v) is 7.38. The molecular weight excluding hydrogens is 328 g/mol. The molecule has 5 nitrogen and oxygen atoms in total. The van der Waals surface area contributed by atoms with Gasteiger partial charge in [-0.3, -0.25) is 14.5 Å². The zero-order chi connectivity index (χ0) is 18.1. The average molecular weight is 354 g/mol. The lowest BCUT2D eigenvalue weighted by Gasteiger charge is -2.58. The van der Waals surface area contributed by atoms with Crippen molar-refractivity contribution >= 4 is 11.7 Å². The molecule has 3 fully saturated rings. The maximum atomic E-state index is 12.4. The van der Waals surface area contributed by atoms with Gasteiger partial charge in [0.1, 0.15) is 11.5 Å². The fraction of sp³-hybridized carbons (Fsp3) is 0.619. The van der Waals surface area contributed by atoms with Gasteiger partial charge in [0.05, 0.1) is 5.56 Å². The summed E-state index contributed by atoms with van der Waals surface area (Å²) in [5, 5.41) is 10.9. The summed E-state index contributed by atoms with van der Waals surface area (Å²) >= 11 is 0. The van der Waals surface area contributed by atoms with Crippen LogP contribution in [0.4, 0.5) is 0 Å². The number of nitrogens with two attached hydrogens (primary N) is 1. The van der Waals surface area contributed by atoms with Crippen LogP contribution >= 0.6 is 0 Å². The minimum Gasteiger partial charge on any atom is -0.507 e. The van der Waals surface area contributed by atoms with Gasteiger partial charge in [-0.2, -0.15) is 0 Å². The summed E-state index contributed by atoms with van der Waals surface area (Å²) in [5.74, 6) is 0.943. The average Bonchev–Trinajstić information content (AvgIpc) is 3.40. The van der Waals surface area contributed by atoms with Gasteiger partial charge in [0.25, 0.3) is 5.91 Å². The predicted octanol–water partition coefficient (Wildman–Crippen LogP) is 2.14. The molecule has 3 atom stereocenters. The second-order valence-electron chi connectivity index (χ2n) is 8.84. The first kappa shape index (κ1) is 16.3. The Bertz CT molecular complexity index is 801. The molecule has 26 heavy (non-hydrogen) atoms. The lowest BCUT2D eigenvalue weighted by molar-refractivity contribution is -0.127. The number of carbonyl (C=O) groups is 2. The van der Waals surface area contributed by atoms with Gasteiger partial charge in [0.2, 0.25) is 0 Å². The number of nitrogens with zero attached hydrogens (tertiary/aromatic N) is 1. The Hall–Kier alpha value is -1.88. The molecule has 1 aromatic rings. The van der Waals surface area contributed by atoms with Crippen molar-refractivity contribution in [2.75, 3.05) is 13.1 Å². The smallest absolute Gasteiger partial charge is 0.252 e. The number of piperidine rings is 1. The number of phenols is 1. The zero-order valence-electron chi connectivity index (χ0n) is 15.0. The lowest BCUT2D eigenvalue weighted by Crippen LogP contribution is -2.62. The van der Waals surface area contributed by atoms with E-state index < -0.39 is 5.91 Å².